The lowest BCUT2D eigenvalue weighted by atomic mass is 10.1. The molecule has 1 aromatic heterocycles. The molecule has 2 aromatic carbocycles. The van der Waals surface area contributed by atoms with Crippen LogP contribution in [0, 0.1) is 5.92 Å². The van der Waals surface area contributed by atoms with Crippen molar-refractivity contribution in [1.82, 2.24) is 14.8 Å². The van der Waals surface area contributed by atoms with E-state index in [0.29, 0.717) is 36.2 Å². The Morgan fingerprint density at radius 1 is 1.10 bits per heavy atom. The molecule has 1 saturated heterocycles. The maximum absolute atomic E-state index is 13.5. The first kappa shape index (κ1) is 20.5. The number of carbonyl (C=O) groups is 2. The molecule has 0 radical (unpaired) electrons. The lowest BCUT2D eigenvalue weighted by Crippen LogP contribution is -2.47. The number of nitrogens with zero attached hydrogens (tertiary/aromatic N) is 2. The number of aromatic nitrogens is 1. The van der Waals surface area contributed by atoms with Crippen molar-refractivity contribution in [2.75, 3.05) is 18.2 Å². The summed E-state index contributed by atoms with van der Waals surface area (Å²) in [6, 6.07) is 17.8. The fraction of sp³-hybridized carbons (Fsp3) is 0.333. The van der Waals surface area contributed by atoms with Crippen LogP contribution in [0.15, 0.2) is 60.8 Å². The summed E-state index contributed by atoms with van der Waals surface area (Å²) in [7, 11) is 0. The fourth-order valence-electron chi connectivity index (χ4n) is 3.77. The van der Waals surface area contributed by atoms with Gasteiger partial charge in [0.25, 0.3) is 5.91 Å². The van der Waals surface area contributed by atoms with Gasteiger partial charge in [0.05, 0.1) is 11.4 Å². The molecule has 6 heteroatoms. The zero-order valence-electron chi connectivity index (χ0n) is 17.4. The third-order valence-electron chi connectivity index (χ3n) is 5.35. The third kappa shape index (κ3) is 4.24. The Bertz CT molecular complexity index is 1050. The second kappa shape index (κ2) is 8.96. The van der Waals surface area contributed by atoms with Gasteiger partial charge in [-0.25, -0.2) is 0 Å². The number of nitrogens with one attached hydrogen (secondary N) is 1. The number of para-hydroxylation sites is 1. The van der Waals surface area contributed by atoms with Crippen molar-refractivity contribution in [3.8, 4) is 0 Å². The van der Waals surface area contributed by atoms with Crippen molar-refractivity contribution in [2.24, 2.45) is 5.92 Å². The van der Waals surface area contributed by atoms with Crippen LogP contribution in [0.1, 0.15) is 29.8 Å². The number of hydrogen-bond donors (Lipinski definition) is 1. The predicted octanol–water partition coefficient (Wildman–Crippen LogP) is 3.98. The van der Waals surface area contributed by atoms with Crippen molar-refractivity contribution in [3.05, 3.63) is 71.9 Å². The Morgan fingerprint density at radius 2 is 1.83 bits per heavy atom. The van der Waals surface area contributed by atoms with E-state index in [1.807, 2.05) is 48.7 Å². The molecule has 0 bridgehead atoms. The molecule has 30 heavy (non-hydrogen) atoms. The highest BCUT2D eigenvalue weighted by atomic mass is 32.2. The molecular formula is C24H27N3O2S. The number of carbonyl (C=O) groups excluding carboxylic acids is 2. The zero-order chi connectivity index (χ0) is 21.1. The number of hydrogen-bond acceptors (Lipinski definition) is 3. The Labute approximate surface area is 181 Å². The van der Waals surface area contributed by atoms with E-state index in [0.717, 1.165) is 10.9 Å². The molecule has 2 amide bonds. The molecule has 0 aliphatic carbocycles. The van der Waals surface area contributed by atoms with Gasteiger partial charge in [-0.1, -0.05) is 62.4 Å². The van der Waals surface area contributed by atoms with Gasteiger partial charge in [0.2, 0.25) is 5.91 Å². The SMILES string of the molecule is CC(C)CNC(=O)C1CSCN1C(=O)c1cn(Cc2ccccc2)c2ccccc12. The van der Waals surface area contributed by atoms with Crippen LogP contribution in [-0.4, -0.2) is 45.5 Å². The summed E-state index contributed by atoms with van der Waals surface area (Å²) in [5.41, 5.74) is 2.86. The second-order valence-electron chi connectivity index (χ2n) is 8.10. The van der Waals surface area contributed by atoms with Gasteiger partial charge >= 0.3 is 0 Å². The average Bonchev–Trinajstić information content (AvgIpc) is 3.38. The lowest BCUT2D eigenvalue weighted by molar-refractivity contribution is -0.124. The minimum atomic E-state index is -0.419. The summed E-state index contributed by atoms with van der Waals surface area (Å²) in [5.74, 6) is 1.42. The number of amides is 2. The first-order valence-electron chi connectivity index (χ1n) is 10.3. The minimum absolute atomic E-state index is 0.0601. The average molecular weight is 422 g/mol. The van der Waals surface area contributed by atoms with E-state index in [1.165, 1.54) is 5.56 Å². The largest absolute Gasteiger partial charge is 0.354 e. The van der Waals surface area contributed by atoms with E-state index in [-0.39, 0.29) is 11.8 Å². The molecule has 1 aliphatic heterocycles. The molecule has 0 saturated carbocycles. The van der Waals surface area contributed by atoms with Gasteiger partial charge in [0.15, 0.2) is 0 Å². The van der Waals surface area contributed by atoms with Gasteiger partial charge in [-0.2, -0.15) is 0 Å². The molecule has 2 heterocycles. The summed E-state index contributed by atoms with van der Waals surface area (Å²) in [6.07, 6.45) is 1.94. The third-order valence-corrected chi connectivity index (χ3v) is 6.36. The molecule has 156 valence electrons. The van der Waals surface area contributed by atoms with Crippen LogP contribution in [0.4, 0.5) is 0 Å². The van der Waals surface area contributed by atoms with Crippen molar-refractivity contribution in [3.63, 3.8) is 0 Å². The molecular weight excluding hydrogens is 394 g/mol. The van der Waals surface area contributed by atoms with E-state index in [9.17, 15) is 9.59 Å². The van der Waals surface area contributed by atoms with Crippen LogP contribution in [0.3, 0.4) is 0 Å². The monoisotopic (exact) mass is 421 g/mol. The molecule has 5 nitrogen and oxygen atoms in total. The highest BCUT2D eigenvalue weighted by Crippen LogP contribution is 2.28. The lowest BCUT2D eigenvalue weighted by Gasteiger charge is -2.23. The van der Waals surface area contributed by atoms with E-state index in [1.54, 1.807) is 16.7 Å². The van der Waals surface area contributed by atoms with Gasteiger partial charge < -0.3 is 14.8 Å². The Morgan fingerprint density at radius 3 is 2.60 bits per heavy atom. The standard InChI is InChI=1S/C24H27N3O2S/c1-17(2)12-25-23(28)22-15-30-16-27(22)24(29)20-14-26(13-18-8-4-3-5-9-18)21-11-7-6-10-19(20)21/h3-11,14,17,22H,12-13,15-16H2,1-2H3,(H,25,28). The fourth-order valence-corrected chi connectivity index (χ4v) is 4.92. The van der Waals surface area contributed by atoms with Gasteiger partial charge in [0, 0.05) is 35.9 Å². The first-order valence-corrected chi connectivity index (χ1v) is 11.5. The van der Waals surface area contributed by atoms with E-state index in [4.69, 9.17) is 0 Å². The summed E-state index contributed by atoms with van der Waals surface area (Å²) in [6.45, 7) is 5.45. The summed E-state index contributed by atoms with van der Waals surface area (Å²) in [5, 5.41) is 3.91. The molecule has 1 fully saturated rings. The second-order valence-corrected chi connectivity index (χ2v) is 9.10. The highest BCUT2D eigenvalue weighted by Gasteiger charge is 2.36. The van der Waals surface area contributed by atoms with Crippen LogP contribution >= 0.6 is 11.8 Å². The molecule has 1 unspecified atom stereocenters. The smallest absolute Gasteiger partial charge is 0.257 e. The first-order chi connectivity index (χ1) is 14.5. The van der Waals surface area contributed by atoms with Gasteiger partial charge in [-0.3, -0.25) is 9.59 Å². The Kier molecular flexibility index (Phi) is 6.13. The minimum Gasteiger partial charge on any atom is -0.354 e. The van der Waals surface area contributed by atoms with Crippen LogP contribution in [-0.2, 0) is 11.3 Å². The molecule has 3 aromatic rings. The molecule has 4 rings (SSSR count). The highest BCUT2D eigenvalue weighted by molar-refractivity contribution is 7.99. The maximum Gasteiger partial charge on any atom is 0.257 e. The Balaban J connectivity index is 1.62. The van der Waals surface area contributed by atoms with Crippen LogP contribution in [0.25, 0.3) is 10.9 Å². The van der Waals surface area contributed by atoms with E-state index < -0.39 is 6.04 Å². The van der Waals surface area contributed by atoms with Crippen molar-refractivity contribution >= 4 is 34.5 Å². The van der Waals surface area contributed by atoms with Crippen LogP contribution in [0.2, 0.25) is 0 Å². The number of thioether (sulfide) groups is 1. The molecule has 0 spiro atoms. The number of rotatable bonds is 6. The number of fused-ring (bicyclic) bond motifs is 1. The molecule has 1 N–H and O–H groups in total. The zero-order valence-corrected chi connectivity index (χ0v) is 18.2. The maximum atomic E-state index is 13.5. The van der Waals surface area contributed by atoms with Crippen LogP contribution < -0.4 is 5.32 Å². The van der Waals surface area contributed by atoms with E-state index in [2.05, 4.69) is 35.9 Å². The van der Waals surface area contributed by atoms with E-state index >= 15 is 0 Å². The van der Waals surface area contributed by atoms with Gasteiger partial charge in [-0.15, -0.1) is 11.8 Å². The summed E-state index contributed by atoms with van der Waals surface area (Å²) in [4.78, 5) is 27.9. The topological polar surface area (TPSA) is 54.3 Å². The van der Waals surface area contributed by atoms with Crippen LogP contribution in [0.5, 0.6) is 0 Å². The molecule has 1 atom stereocenters. The van der Waals surface area contributed by atoms with Crippen molar-refractivity contribution in [2.45, 2.75) is 26.4 Å². The van der Waals surface area contributed by atoms with Gasteiger partial charge in [0.1, 0.15) is 6.04 Å². The quantitative estimate of drug-likeness (QED) is 0.655. The predicted molar refractivity (Wildman–Crippen MR) is 123 cm³/mol. The normalized spacial score (nSPS) is 16.4. The van der Waals surface area contributed by atoms with Crippen molar-refractivity contribution in [1.29, 1.82) is 0 Å². The number of benzene rings is 2. The summed E-state index contributed by atoms with van der Waals surface area (Å²) < 4.78 is 2.12. The summed E-state index contributed by atoms with van der Waals surface area (Å²) >= 11 is 1.63. The van der Waals surface area contributed by atoms with Gasteiger partial charge in [-0.05, 0) is 17.5 Å². The van der Waals surface area contributed by atoms with Crippen molar-refractivity contribution < 1.29 is 9.59 Å². The Hall–Kier alpha value is -2.73. The molecule has 1 aliphatic rings.